The molecule has 0 aliphatic rings. The van der Waals surface area contributed by atoms with Crippen molar-refractivity contribution in [1.82, 2.24) is 29.2 Å². The van der Waals surface area contributed by atoms with Crippen LogP contribution in [-0.4, -0.2) is 60.6 Å². The number of rotatable bonds is 7. The van der Waals surface area contributed by atoms with Gasteiger partial charge in [0.1, 0.15) is 11.7 Å². The predicted molar refractivity (Wildman–Crippen MR) is 141 cm³/mol. The number of fused-ring (bicyclic) bond motifs is 1. The number of hydrogen-bond acceptors (Lipinski definition) is 6. The van der Waals surface area contributed by atoms with Gasteiger partial charge in [0.05, 0.1) is 47.3 Å². The van der Waals surface area contributed by atoms with Gasteiger partial charge in [-0.05, 0) is 68.8 Å². The van der Waals surface area contributed by atoms with Crippen LogP contribution in [0.25, 0.3) is 28.2 Å². The van der Waals surface area contributed by atoms with Crippen molar-refractivity contribution >= 4 is 51.5 Å². The van der Waals surface area contributed by atoms with E-state index in [0.29, 0.717) is 18.8 Å². The van der Waals surface area contributed by atoms with E-state index < -0.39 is 11.7 Å². The van der Waals surface area contributed by atoms with Crippen molar-refractivity contribution in [2.24, 2.45) is 7.05 Å². The fraction of sp³-hybridized carbons (Fsp3) is 0.455. The summed E-state index contributed by atoms with van der Waals surface area (Å²) in [5, 5.41) is 10.0. The summed E-state index contributed by atoms with van der Waals surface area (Å²) in [4.78, 5) is 18.6. The Morgan fingerprint density at radius 2 is 2.12 bits per heavy atom. The summed E-state index contributed by atoms with van der Waals surface area (Å²) in [5.41, 5.74) is 3.66. The van der Waals surface area contributed by atoms with Crippen molar-refractivity contribution in [1.29, 1.82) is 0 Å². The number of amides is 1. The molecule has 0 fully saturated rings. The van der Waals surface area contributed by atoms with E-state index in [1.165, 1.54) is 4.90 Å². The molecule has 0 N–H and O–H groups in total. The summed E-state index contributed by atoms with van der Waals surface area (Å²) in [6.07, 6.45) is 3.27. The van der Waals surface area contributed by atoms with Gasteiger partial charge in [0.2, 0.25) is 5.88 Å². The van der Waals surface area contributed by atoms with Crippen molar-refractivity contribution in [3.05, 3.63) is 30.2 Å². The third kappa shape index (κ3) is 5.66. The molecule has 0 aliphatic heterocycles. The lowest BCUT2D eigenvalue weighted by atomic mass is 10.1. The van der Waals surface area contributed by atoms with Gasteiger partial charge in [0.15, 0.2) is 0 Å². The molecule has 9 nitrogen and oxygen atoms in total. The first-order valence-corrected chi connectivity index (χ1v) is 14.5. The first-order chi connectivity index (χ1) is 15.4. The molecule has 2 atom stereocenters. The Hall–Kier alpha value is -2.20. The zero-order valence-corrected chi connectivity index (χ0v) is 23.2. The van der Waals surface area contributed by atoms with E-state index in [1.54, 1.807) is 24.0 Å². The standard InChI is InChI=1S/C22H30IN6O3P/c1-9-17-15-10-18(25-14(3)19(15)29(26-17)33-23)16-11-24-28(8)20(16)31-13(2)12-27(7)21(30)32-22(4,5)6/h9-11,13,33H,1,12H2,2-8H3/t13-/m1/s1. The van der Waals surface area contributed by atoms with Gasteiger partial charge in [-0.1, -0.05) is 6.58 Å². The Bertz CT molecular complexity index is 1180. The van der Waals surface area contributed by atoms with E-state index in [1.807, 2.05) is 52.2 Å². The summed E-state index contributed by atoms with van der Waals surface area (Å²) < 4.78 is 15.3. The second-order valence-corrected chi connectivity index (χ2v) is 10.9. The van der Waals surface area contributed by atoms with E-state index in [4.69, 9.17) is 14.5 Å². The molecule has 11 heteroatoms. The Kier molecular flexibility index (Phi) is 7.68. The largest absolute Gasteiger partial charge is 0.472 e. The molecule has 0 bridgehead atoms. The highest BCUT2D eigenvalue weighted by atomic mass is 127. The Balaban J connectivity index is 1.89. The molecular weight excluding hydrogens is 554 g/mol. The number of nitrogens with zero attached hydrogens (tertiary/aromatic N) is 6. The van der Waals surface area contributed by atoms with Crippen LogP contribution in [0, 0.1) is 6.92 Å². The number of hydrogen-bond donors (Lipinski definition) is 0. The summed E-state index contributed by atoms with van der Waals surface area (Å²) in [7, 11) is 3.51. The lowest BCUT2D eigenvalue weighted by Crippen LogP contribution is -2.39. The van der Waals surface area contributed by atoms with Crippen LogP contribution in [0.3, 0.4) is 0 Å². The van der Waals surface area contributed by atoms with Crippen LogP contribution >= 0.6 is 28.4 Å². The molecule has 0 aromatic carbocycles. The van der Waals surface area contributed by atoms with E-state index in [0.717, 1.165) is 33.5 Å². The number of carbonyl (C=O) groups is 1. The van der Waals surface area contributed by atoms with E-state index in [9.17, 15) is 4.79 Å². The topological polar surface area (TPSA) is 87.3 Å². The predicted octanol–water partition coefficient (Wildman–Crippen LogP) is 5.21. The number of halogens is 1. The fourth-order valence-electron chi connectivity index (χ4n) is 3.46. The van der Waals surface area contributed by atoms with Crippen LogP contribution in [0.1, 0.15) is 39.1 Å². The second kappa shape index (κ2) is 9.97. The zero-order chi connectivity index (χ0) is 24.5. The van der Waals surface area contributed by atoms with E-state index >= 15 is 0 Å². The molecule has 0 spiro atoms. The highest BCUT2D eigenvalue weighted by Gasteiger charge is 2.23. The van der Waals surface area contributed by atoms with Crippen LogP contribution in [0.4, 0.5) is 4.79 Å². The number of aromatic nitrogens is 5. The molecule has 1 amide bonds. The van der Waals surface area contributed by atoms with Crippen LogP contribution in [0.5, 0.6) is 5.88 Å². The lowest BCUT2D eigenvalue weighted by Gasteiger charge is -2.26. The van der Waals surface area contributed by atoms with Gasteiger partial charge in [-0.3, -0.25) is 4.98 Å². The minimum Gasteiger partial charge on any atom is -0.472 e. The highest BCUT2D eigenvalue weighted by Crippen LogP contribution is 2.36. The normalized spacial score (nSPS) is 13.0. The minimum atomic E-state index is -0.553. The molecule has 1 unspecified atom stereocenters. The quantitative estimate of drug-likeness (QED) is 0.280. The number of pyridine rings is 1. The van der Waals surface area contributed by atoms with Crippen LogP contribution < -0.4 is 4.74 Å². The first-order valence-electron chi connectivity index (χ1n) is 10.5. The molecule has 3 heterocycles. The molecule has 0 saturated carbocycles. The van der Waals surface area contributed by atoms with Crippen molar-refractivity contribution in [3.8, 4) is 17.1 Å². The lowest BCUT2D eigenvalue weighted by molar-refractivity contribution is 0.0233. The van der Waals surface area contributed by atoms with Gasteiger partial charge in [-0.2, -0.15) is 10.2 Å². The molecule has 3 aromatic heterocycles. The molecule has 178 valence electrons. The summed E-state index contributed by atoms with van der Waals surface area (Å²) in [5.74, 6) is 0.578. The number of ether oxygens (including phenoxy) is 2. The molecule has 0 aliphatic carbocycles. The zero-order valence-electron chi connectivity index (χ0n) is 20.0. The highest BCUT2D eigenvalue weighted by molar-refractivity contribution is 14.2. The third-order valence-electron chi connectivity index (χ3n) is 4.85. The third-order valence-corrected chi connectivity index (χ3v) is 6.70. The van der Waals surface area contributed by atoms with Crippen LogP contribution in [-0.2, 0) is 11.8 Å². The Morgan fingerprint density at radius 1 is 1.42 bits per heavy atom. The van der Waals surface area contributed by atoms with E-state index in [-0.39, 0.29) is 6.10 Å². The average Bonchev–Trinajstić information content (AvgIpc) is 3.27. The molecule has 3 rings (SSSR count). The Morgan fingerprint density at radius 3 is 2.73 bits per heavy atom. The number of carbonyl (C=O) groups excluding carboxylic acids is 1. The molecule has 0 radical (unpaired) electrons. The van der Waals surface area contributed by atoms with Gasteiger partial charge in [-0.15, -0.1) is 0 Å². The number of aryl methyl sites for hydroxylation is 2. The van der Waals surface area contributed by atoms with Crippen molar-refractivity contribution in [2.75, 3.05) is 13.6 Å². The van der Waals surface area contributed by atoms with Gasteiger partial charge < -0.3 is 14.4 Å². The Labute approximate surface area is 208 Å². The average molecular weight is 584 g/mol. The van der Waals surface area contributed by atoms with Gasteiger partial charge >= 0.3 is 6.09 Å². The van der Waals surface area contributed by atoms with Gasteiger partial charge in [-0.25, -0.2) is 13.9 Å². The maximum atomic E-state index is 12.3. The molecular formula is C22H30IN6O3P. The van der Waals surface area contributed by atoms with Gasteiger partial charge in [0, 0.05) is 19.5 Å². The van der Waals surface area contributed by atoms with Crippen LogP contribution in [0.2, 0.25) is 0 Å². The van der Waals surface area contributed by atoms with Gasteiger partial charge in [0.25, 0.3) is 0 Å². The second-order valence-electron chi connectivity index (χ2n) is 8.85. The van der Waals surface area contributed by atoms with Crippen LogP contribution in [0.15, 0.2) is 18.8 Å². The van der Waals surface area contributed by atoms with Crippen molar-refractivity contribution in [3.63, 3.8) is 0 Å². The smallest absolute Gasteiger partial charge is 0.410 e. The first kappa shape index (κ1) is 25.4. The van der Waals surface area contributed by atoms with Crippen molar-refractivity contribution < 1.29 is 14.3 Å². The summed E-state index contributed by atoms with van der Waals surface area (Å²) in [6, 6.07) is 2.00. The SMILES string of the molecule is C=Cc1nn(PI)c2c(C)nc(-c3cnn(C)c3O[C@H](C)CN(C)C(=O)OC(C)(C)C)cc12. The molecule has 0 saturated heterocycles. The summed E-state index contributed by atoms with van der Waals surface area (Å²) >= 11 is 2.31. The monoisotopic (exact) mass is 584 g/mol. The molecule has 3 aromatic rings. The molecule has 33 heavy (non-hydrogen) atoms. The maximum absolute atomic E-state index is 12.3. The summed E-state index contributed by atoms with van der Waals surface area (Å²) in [6.45, 7) is 13.7. The number of likely N-dealkylation sites (N-methyl/N-ethyl adjacent to an activating group) is 1. The minimum absolute atomic E-state index is 0.298. The maximum Gasteiger partial charge on any atom is 0.410 e. The van der Waals surface area contributed by atoms with E-state index in [2.05, 4.69) is 38.8 Å². The van der Waals surface area contributed by atoms with Crippen molar-refractivity contribution in [2.45, 2.75) is 46.3 Å². The fourth-order valence-corrected chi connectivity index (χ4v) is 5.02.